The predicted octanol–water partition coefficient (Wildman–Crippen LogP) is 5.95. The van der Waals surface area contributed by atoms with Gasteiger partial charge in [-0.15, -0.1) is 0 Å². The summed E-state index contributed by atoms with van der Waals surface area (Å²) in [6.45, 7) is 3.36. The highest BCUT2D eigenvalue weighted by Crippen LogP contribution is 2.38. The number of ether oxygens (including phenoxy) is 1. The number of amides is 1. The minimum absolute atomic E-state index is 0.0437. The molecule has 4 rings (SSSR count). The minimum atomic E-state index is -0.355. The number of rotatable bonds is 7. The maximum Gasteiger partial charge on any atom is 0.293 e. The number of hydrogen-bond acceptors (Lipinski definition) is 5. The van der Waals surface area contributed by atoms with Crippen molar-refractivity contribution in [1.29, 1.82) is 0 Å². The molecule has 1 aliphatic rings. The second-order valence-electron chi connectivity index (χ2n) is 8.65. The highest BCUT2D eigenvalue weighted by molar-refractivity contribution is 6.02. The number of nitrogens with zero attached hydrogens (tertiary/aromatic N) is 2. The van der Waals surface area contributed by atoms with Crippen LogP contribution in [0.25, 0.3) is 6.08 Å². The molecular weight excluding hydrogens is 442 g/mol. The number of nitro benzene ring substituents is 1. The lowest BCUT2D eigenvalue weighted by molar-refractivity contribution is -0.384. The molecule has 0 saturated carbocycles. The molecule has 0 radical (unpaired) electrons. The summed E-state index contributed by atoms with van der Waals surface area (Å²) in [5.41, 5.74) is 4.14. The van der Waals surface area contributed by atoms with Gasteiger partial charge in [0.05, 0.1) is 12.0 Å². The first kappa shape index (κ1) is 24.0. The van der Waals surface area contributed by atoms with Crippen LogP contribution in [0.3, 0.4) is 0 Å². The molecule has 3 aromatic rings. The molecule has 1 fully saturated rings. The molecule has 1 aliphatic heterocycles. The number of benzene rings is 3. The maximum atomic E-state index is 12.3. The zero-order valence-electron chi connectivity index (χ0n) is 19.9. The number of nitrogens with one attached hydrogen (secondary N) is 1. The van der Waals surface area contributed by atoms with Crippen molar-refractivity contribution in [3.63, 3.8) is 0 Å². The Morgan fingerprint density at radius 1 is 1.09 bits per heavy atom. The Labute approximate surface area is 205 Å². The fourth-order valence-electron chi connectivity index (χ4n) is 4.55. The Morgan fingerprint density at radius 2 is 1.80 bits per heavy atom. The third-order valence-electron chi connectivity index (χ3n) is 6.44. The summed E-state index contributed by atoms with van der Waals surface area (Å²) in [5.74, 6) is 0.958. The van der Waals surface area contributed by atoms with Crippen LogP contribution in [0, 0.1) is 17.0 Å². The first-order valence-electron chi connectivity index (χ1n) is 11.7. The van der Waals surface area contributed by atoms with E-state index in [2.05, 4.69) is 16.3 Å². The lowest BCUT2D eigenvalue weighted by Gasteiger charge is -2.34. The highest BCUT2D eigenvalue weighted by Gasteiger charge is 2.27. The number of methoxy groups -OCH3 is 1. The van der Waals surface area contributed by atoms with E-state index in [0.29, 0.717) is 17.2 Å². The van der Waals surface area contributed by atoms with E-state index in [1.54, 1.807) is 19.3 Å². The van der Waals surface area contributed by atoms with Crippen LogP contribution in [0.1, 0.15) is 35.4 Å². The normalized spacial score (nSPS) is 14.2. The van der Waals surface area contributed by atoms with Gasteiger partial charge in [0.25, 0.3) is 5.69 Å². The molecule has 1 N–H and O–H groups in total. The summed E-state index contributed by atoms with van der Waals surface area (Å²) in [6.07, 6.45) is 4.76. The number of hydrogen-bond donors (Lipinski definition) is 1. The van der Waals surface area contributed by atoms with Crippen molar-refractivity contribution in [2.24, 2.45) is 0 Å². The van der Waals surface area contributed by atoms with Gasteiger partial charge in [0.1, 0.15) is 11.4 Å². The molecule has 0 aromatic heterocycles. The van der Waals surface area contributed by atoms with Crippen LogP contribution < -0.4 is 15.0 Å². The minimum Gasteiger partial charge on any atom is -0.496 e. The average Bonchev–Trinajstić information content (AvgIpc) is 2.88. The molecular formula is C28H29N3O4. The van der Waals surface area contributed by atoms with Gasteiger partial charge in [0.15, 0.2) is 0 Å². The molecule has 3 aromatic carbocycles. The summed E-state index contributed by atoms with van der Waals surface area (Å²) in [4.78, 5) is 25.9. The summed E-state index contributed by atoms with van der Waals surface area (Å²) in [5, 5.41) is 14.7. The number of nitro groups is 1. The maximum absolute atomic E-state index is 12.3. The van der Waals surface area contributed by atoms with Crippen LogP contribution >= 0.6 is 0 Å². The molecule has 0 spiro atoms. The largest absolute Gasteiger partial charge is 0.496 e. The van der Waals surface area contributed by atoms with Crippen molar-refractivity contribution >= 4 is 29.0 Å². The Hall–Kier alpha value is -4.13. The number of aryl methyl sites for hydroxylation is 1. The molecule has 0 atom stereocenters. The zero-order chi connectivity index (χ0) is 24.8. The number of piperidine rings is 1. The fourth-order valence-corrected chi connectivity index (χ4v) is 4.55. The van der Waals surface area contributed by atoms with Crippen LogP contribution in [0.15, 0.2) is 72.8 Å². The standard InChI is InChI=1S/C28H29N3O4/c1-20-7-3-5-9-24(20)29-28(32)14-12-21-11-13-25(26(19-21)31(33)34)30-17-15-22(16-18-30)23-8-4-6-10-27(23)35-2/h3-14,19,22H,15-18H2,1-2H3,(H,29,32)/b14-12+. The van der Waals surface area contributed by atoms with Crippen LogP contribution in [-0.2, 0) is 4.79 Å². The number of anilines is 2. The summed E-state index contributed by atoms with van der Waals surface area (Å²) in [6, 6.07) is 20.7. The fraction of sp³-hybridized carbons (Fsp3) is 0.250. The van der Waals surface area contributed by atoms with Gasteiger partial charge in [-0.2, -0.15) is 0 Å². The number of carbonyl (C=O) groups is 1. The van der Waals surface area contributed by atoms with Gasteiger partial charge in [0.2, 0.25) is 5.91 Å². The van der Waals surface area contributed by atoms with E-state index in [1.165, 1.54) is 17.7 Å². The lowest BCUT2D eigenvalue weighted by atomic mass is 9.88. The quantitative estimate of drug-likeness (QED) is 0.262. The van der Waals surface area contributed by atoms with Gasteiger partial charge in [-0.25, -0.2) is 0 Å². The molecule has 0 bridgehead atoms. The van der Waals surface area contributed by atoms with Gasteiger partial charge in [-0.05, 0) is 66.6 Å². The molecule has 0 aliphatic carbocycles. The van der Waals surface area contributed by atoms with Gasteiger partial charge in [0, 0.05) is 30.9 Å². The lowest BCUT2D eigenvalue weighted by Crippen LogP contribution is -2.33. The zero-order valence-corrected chi connectivity index (χ0v) is 19.9. The molecule has 0 unspecified atom stereocenters. The molecule has 7 heteroatoms. The van der Waals surface area contributed by atoms with Crippen molar-refractivity contribution in [1.82, 2.24) is 0 Å². The summed E-state index contributed by atoms with van der Waals surface area (Å²) >= 11 is 0. The van der Waals surface area contributed by atoms with E-state index in [0.717, 1.165) is 42.9 Å². The van der Waals surface area contributed by atoms with Crippen LogP contribution in [0.4, 0.5) is 17.1 Å². The Morgan fingerprint density at radius 3 is 2.51 bits per heavy atom. The molecule has 180 valence electrons. The molecule has 35 heavy (non-hydrogen) atoms. The van der Waals surface area contributed by atoms with E-state index >= 15 is 0 Å². The van der Waals surface area contributed by atoms with Crippen molar-refractivity contribution in [3.8, 4) is 5.75 Å². The third kappa shape index (κ3) is 5.69. The van der Waals surface area contributed by atoms with E-state index < -0.39 is 0 Å². The molecule has 1 amide bonds. The number of carbonyl (C=O) groups excluding carboxylic acids is 1. The Bertz CT molecular complexity index is 1250. The van der Waals surface area contributed by atoms with Crippen LogP contribution in [0.2, 0.25) is 0 Å². The second kappa shape index (κ2) is 10.9. The molecule has 1 heterocycles. The Kier molecular flexibility index (Phi) is 7.45. The first-order chi connectivity index (χ1) is 17.0. The van der Waals surface area contributed by atoms with E-state index in [9.17, 15) is 14.9 Å². The highest BCUT2D eigenvalue weighted by atomic mass is 16.6. The topological polar surface area (TPSA) is 84.7 Å². The third-order valence-corrected chi connectivity index (χ3v) is 6.44. The van der Waals surface area contributed by atoms with Crippen LogP contribution in [0.5, 0.6) is 5.75 Å². The van der Waals surface area contributed by atoms with Crippen molar-refractivity contribution in [2.45, 2.75) is 25.7 Å². The van der Waals surface area contributed by atoms with Gasteiger partial charge in [-0.1, -0.05) is 42.5 Å². The van der Waals surface area contributed by atoms with E-state index in [1.807, 2.05) is 55.5 Å². The monoisotopic (exact) mass is 471 g/mol. The van der Waals surface area contributed by atoms with Gasteiger partial charge in [-0.3, -0.25) is 14.9 Å². The van der Waals surface area contributed by atoms with Crippen LogP contribution in [-0.4, -0.2) is 31.0 Å². The van der Waals surface area contributed by atoms with Gasteiger partial charge < -0.3 is 15.0 Å². The van der Waals surface area contributed by atoms with Crippen molar-refractivity contribution in [3.05, 3.63) is 99.6 Å². The molecule has 7 nitrogen and oxygen atoms in total. The SMILES string of the molecule is COc1ccccc1C1CCN(c2ccc(/C=C/C(=O)Nc3ccccc3C)cc2[N+](=O)[O-])CC1. The smallest absolute Gasteiger partial charge is 0.293 e. The molecule has 1 saturated heterocycles. The predicted molar refractivity (Wildman–Crippen MR) is 139 cm³/mol. The van der Waals surface area contributed by atoms with Crippen molar-refractivity contribution < 1.29 is 14.5 Å². The summed E-state index contributed by atoms with van der Waals surface area (Å²) < 4.78 is 5.51. The average molecular weight is 472 g/mol. The first-order valence-corrected chi connectivity index (χ1v) is 11.7. The Balaban J connectivity index is 1.45. The summed E-state index contributed by atoms with van der Waals surface area (Å²) in [7, 11) is 1.68. The number of para-hydroxylation sites is 2. The van der Waals surface area contributed by atoms with E-state index in [-0.39, 0.29) is 16.5 Å². The second-order valence-corrected chi connectivity index (χ2v) is 8.65. The van der Waals surface area contributed by atoms with Crippen molar-refractivity contribution in [2.75, 3.05) is 30.4 Å². The van der Waals surface area contributed by atoms with E-state index in [4.69, 9.17) is 4.74 Å². The van der Waals surface area contributed by atoms with Gasteiger partial charge >= 0.3 is 0 Å².